The summed E-state index contributed by atoms with van der Waals surface area (Å²) in [6, 6.07) is 11.2. The minimum Gasteiger partial charge on any atom is -0.486 e. The number of pyridine rings is 2. The van der Waals surface area contributed by atoms with E-state index in [1.807, 2.05) is 30.3 Å². The van der Waals surface area contributed by atoms with Crippen molar-refractivity contribution < 1.29 is 28.8 Å². The summed E-state index contributed by atoms with van der Waals surface area (Å²) in [5.41, 5.74) is 1.96. The van der Waals surface area contributed by atoms with Crippen LogP contribution in [0.1, 0.15) is 37.7 Å². The van der Waals surface area contributed by atoms with Crippen LogP contribution in [0.4, 0.5) is 10.5 Å². The number of hydrogen-bond acceptors (Lipinski definition) is 8. The Kier molecular flexibility index (Phi) is 5.59. The third-order valence-electron chi connectivity index (χ3n) is 7.61. The fourth-order valence-electron chi connectivity index (χ4n) is 5.45. The second kappa shape index (κ2) is 8.81. The van der Waals surface area contributed by atoms with E-state index in [9.17, 15) is 9.90 Å². The predicted octanol–water partition coefficient (Wildman–Crippen LogP) is 4.04. The summed E-state index contributed by atoms with van der Waals surface area (Å²) in [5.74, 6) is 1.87. The summed E-state index contributed by atoms with van der Waals surface area (Å²) in [6.07, 6.45) is 5.03. The second-order valence-electron chi connectivity index (χ2n) is 9.88. The summed E-state index contributed by atoms with van der Waals surface area (Å²) in [5, 5.41) is 11.4. The molecule has 1 aromatic carbocycles. The zero-order chi connectivity index (χ0) is 24.8. The number of methoxy groups -OCH3 is 1. The lowest BCUT2D eigenvalue weighted by Crippen LogP contribution is -2.45. The molecule has 1 spiro atoms. The average molecular weight is 492 g/mol. The van der Waals surface area contributed by atoms with Gasteiger partial charge in [0.05, 0.1) is 36.0 Å². The van der Waals surface area contributed by atoms with Gasteiger partial charge < -0.3 is 24.1 Å². The summed E-state index contributed by atoms with van der Waals surface area (Å²) in [4.78, 5) is 23.4. The van der Waals surface area contributed by atoms with E-state index in [2.05, 4.69) is 9.97 Å². The molecule has 2 aliphatic heterocycles. The SMILES string of the molecule is COc1ccc2nccc(CC[C@]3(O)CC[C@@]4(CC3)CN(c3ccc5c(c3)OCCO5)C(=O)O4)c2n1. The van der Waals surface area contributed by atoms with E-state index in [1.54, 1.807) is 24.3 Å². The third-order valence-corrected chi connectivity index (χ3v) is 7.61. The maximum Gasteiger partial charge on any atom is 0.415 e. The van der Waals surface area contributed by atoms with E-state index in [1.165, 1.54) is 0 Å². The largest absolute Gasteiger partial charge is 0.486 e. The van der Waals surface area contributed by atoms with Gasteiger partial charge in [0.2, 0.25) is 5.88 Å². The van der Waals surface area contributed by atoms with Gasteiger partial charge in [-0.1, -0.05) is 0 Å². The highest BCUT2D eigenvalue weighted by Crippen LogP contribution is 2.45. The number of nitrogens with zero attached hydrogens (tertiary/aromatic N) is 3. The molecule has 1 amide bonds. The Labute approximate surface area is 209 Å². The normalized spacial score (nSPS) is 25.3. The standard InChI is InChI=1S/C27H29N3O6/c1-33-23-5-3-20-24(29-23)18(7-13-28-20)6-8-26(32)9-11-27(12-10-26)17-30(25(31)36-27)19-2-4-21-22(16-19)35-15-14-34-21/h2-5,7,13,16,32H,6,8-12,14-15,17H2,1H3/t26-,27+. The Bertz CT molecular complexity index is 1300. The smallest absolute Gasteiger partial charge is 0.415 e. The van der Waals surface area contributed by atoms with E-state index in [-0.39, 0.29) is 6.09 Å². The fraction of sp³-hybridized carbons (Fsp3) is 0.444. The number of ether oxygens (including phenoxy) is 4. The maximum atomic E-state index is 12.8. The lowest BCUT2D eigenvalue weighted by Gasteiger charge is -2.40. The number of aryl methyl sites for hydroxylation is 1. The summed E-state index contributed by atoms with van der Waals surface area (Å²) < 4.78 is 22.5. The number of carbonyl (C=O) groups is 1. The molecule has 4 heterocycles. The topological polar surface area (TPSA) is 103 Å². The monoisotopic (exact) mass is 491 g/mol. The molecule has 3 aliphatic rings. The van der Waals surface area contributed by atoms with Crippen molar-refractivity contribution in [2.75, 3.05) is 31.8 Å². The van der Waals surface area contributed by atoms with Gasteiger partial charge in [-0.25, -0.2) is 9.78 Å². The number of aliphatic hydroxyl groups is 1. The van der Waals surface area contributed by atoms with E-state index in [0.717, 1.165) is 22.3 Å². The first-order valence-electron chi connectivity index (χ1n) is 12.4. The number of fused-ring (bicyclic) bond motifs is 2. The third kappa shape index (κ3) is 4.17. The Morgan fingerprint density at radius 3 is 2.67 bits per heavy atom. The Morgan fingerprint density at radius 1 is 1.06 bits per heavy atom. The molecule has 9 heteroatoms. The fourth-order valence-corrected chi connectivity index (χ4v) is 5.45. The molecule has 0 bridgehead atoms. The van der Waals surface area contributed by atoms with E-state index in [0.29, 0.717) is 75.7 Å². The highest BCUT2D eigenvalue weighted by molar-refractivity contribution is 5.90. The molecule has 36 heavy (non-hydrogen) atoms. The van der Waals surface area contributed by atoms with Crippen LogP contribution in [0, 0.1) is 0 Å². The van der Waals surface area contributed by atoms with Crippen molar-refractivity contribution in [3.63, 3.8) is 0 Å². The molecule has 2 fully saturated rings. The van der Waals surface area contributed by atoms with Gasteiger partial charge in [-0.2, -0.15) is 0 Å². The van der Waals surface area contributed by atoms with Gasteiger partial charge in [0, 0.05) is 18.3 Å². The number of anilines is 1. The minimum absolute atomic E-state index is 0.361. The number of carbonyl (C=O) groups excluding carboxylic acids is 1. The van der Waals surface area contributed by atoms with Gasteiger partial charge in [-0.05, 0) is 68.4 Å². The molecule has 188 valence electrons. The van der Waals surface area contributed by atoms with Crippen LogP contribution in [0.5, 0.6) is 17.4 Å². The van der Waals surface area contributed by atoms with Gasteiger partial charge in [-0.15, -0.1) is 0 Å². The number of amides is 1. The van der Waals surface area contributed by atoms with Crippen molar-refractivity contribution in [3.8, 4) is 17.4 Å². The molecule has 0 radical (unpaired) electrons. The molecule has 1 saturated carbocycles. The Balaban J connectivity index is 1.12. The predicted molar refractivity (Wildman–Crippen MR) is 132 cm³/mol. The van der Waals surface area contributed by atoms with Crippen LogP contribution in [0.3, 0.4) is 0 Å². The lowest BCUT2D eigenvalue weighted by molar-refractivity contribution is -0.0695. The van der Waals surface area contributed by atoms with Gasteiger partial charge in [0.1, 0.15) is 18.8 Å². The van der Waals surface area contributed by atoms with Crippen LogP contribution in [-0.2, 0) is 11.2 Å². The van der Waals surface area contributed by atoms with Gasteiger partial charge in [-0.3, -0.25) is 9.88 Å². The molecule has 9 nitrogen and oxygen atoms in total. The summed E-state index contributed by atoms with van der Waals surface area (Å²) in [6.45, 7) is 1.47. The van der Waals surface area contributed by atoms with Gasteiger partial charge in [0.25, 0.3) is 0 Å². The van der Waals surface area contributed by atoms with Crippen LogP contribution in [0.15, 0.2) is 42.6 Å². The van der Waals surface area contributed by atoms with Crippen LogP contribution >= 0.6 is 0 Å². The molecular formula is C27H29N3O6. The molecule has 6 rings (SSSR count). The van der Waals surface area contributed by atoms with Crippen molar-refractivity contribution in [2.45, 2.75) is 49.7 Å². The Hall–Kier alpha value is -3.59. The first kappa shape index (κ1) is 22.8. The van der Waals surface area contributed by atoms with Crippen molar-refractivity contribution in [2.24, 2.45) is 0 Å². The molecule has 1 aliphatic carbocycles. The second-order valence-corrected chi connectivity index (χ2v) is 9.88. The number of hydrogen-bond donors (Lipinski definition) is 1. The first-order valence-corrected chi connectivity index (χ1v) is 12.4. The average Bonchev–Trinajstić information content (AvgIpc) is 3.24. The van der Waals surface area contributed by atoms with E-state index < -0.39 is 11.2 Å². The van der Waals surface area contributed by atoms with Crippen LogP contribution in [-0.4, -0.2) is 59.2 Å². The quantitative estimate of drug-likeness (QED) is 0.570. The number of rotatable bonds is 5. The van der Waals surface area contributed by atoms with Crippen molar-refractivity contribution >= 4 is 22.8 Å². The van der Waals surface area contributed by atoms with Crippen molar-refractivity contribution in [3.05, 3.63) is 48.2 Å². The van der Waals surface area contributed by atoms with Gasteiger partial charge >= 0.3 is 6.09 Å². The molecule has 1 N–H and O–H groups in total. The summed E-state index contributed by atoms with van der Waals surface area (Å²) in [7, 11) is 1.59. The van der Waals surface area contributed by atoms with E-state index >= 15 is 0 Å². The first-order chi connectivity index (χ1) is 17.5. The molecule has 3 aromatic rings. The zero-order valence-electron chi connectivity index (χ0n) is 20.2. The molecular weight excluding hydrogens is 462 g/mol. The van der Waals surface area contributed by atoms with Crippen LogP contribution < -0.4 is 19.1 Å². The lowest BCUT2D eigenvalue weighted by atomic mass is 9.73. The molecule has 0 atom stereocenters. The van der Waals surface area contributed by atoms with Crippen LogP contribution in [0.25, 0.3) is 11.0 Å². The van der Waals surface area contributed by atoms with Gasteiger partial charge in [0.15, 0.2) is 11.5 Å². The minimum atomic E-state index is -0.823. The zero-order valence-corrected chi connectivity index (χ0v) is 20.2. The summed E-state index contributed by atoms with van der Waals surface area (Å²) >= 11 is 0. The van der Waals surface area contributed by atoms with Crippen LogP contribution in [0.2, 0.25) is 0 Å². The highest BCUT2D eigenvalue weighted by atomic mass is 16.6. The van der Waals surface area contributed by atoms with Crippen molar-refractivity contribution in [1.29, 1.82) is 0 Å². The van der Waals surface area contributed by atoms with Crippen molar-refractivity contribution in [1.82, 2.24) is 9.97 Å². The number of aromatic nitrogens is 2. The molecule has 0 unspecified atom stereocenters. The Morgan fingerprint density at radius 2 is 1.86 bits per heavy atom. The number of benzene rings is 1. The molecule has 2 aromatic heterocycles. The van der Waals surface area contributed by atoms with E-state index in [4.69, 9.17) is 18.9 Å². The molecule has 1 saturated heterocycles. The maximum absolute atomic E-state index is 12.8. The highest BCUT2D eigenvalue weighted by Gasteiger charge is 2.50.